The molecule has 2 aromatic rings. The van der Waals surface area contributed by atoms with Gasteiger partial charge in [0.05, 0.1) is 35.0 Å². The number of carbonyl (C=O) groups excluding carboxylic acids is 1. The van der Waals surface area contributed by atoms with Gasteiger partial charge in [-0.15, -0.1) is 24.8 Å². The molecule has 176 valence electrons. The number of rotatable bonds is 9. The predicted octanol–water partition coefficient (Wildman–Crippen LogP) is 4.38. The van der Waals surface area contributed by atoms with Crippen LogP contribution >= 0.6 is 24.8 Å². The van der Waals surface area contributed by atoms with E-state index in [1.807, 2.05) is 4.57 Å². The molecule has 2 heterocycles. The molecule has 11 heteroatoms. The highest BCUT2D eigenvalue weighted by Crippen LogP contribution is 2.38. The number of anilines is 1. The third kappa shape index (κ3) is 5.79. The number of unbranched alkanes of at least 4 members (excludes halogenated alkanes) is 1. The number of halogens is 2. The zero-order valence-corrected chi connectivity index (χ0v) is 19.9. The van der Waals surface area contributed by atoms with E-state index < -0.39 is 16.9 Å². The standard InChI is InChI=1S/C21H27N5O4.2ClH/c1-4-6-10-22-12-17-13-23-21-24-14(3)18(20(27)30-5-2)19(25(17)21)15-8-7-9-16(11-15)26(28)29;;/h7-9,11,13,19,22H,4-6,10,12H2,1-3H3,(H,23,24);2*1H. The van der Waals surface area contributed by atoms with Crippen LogP contribution in [0.3, 0.4) is 0 Å². The van der Waals surface area contributed by atoms with Crippen molar-refractivity contribution in [2.45, 2.75) is 46.2 Å². The average molecular weight is 486 g/mol. The molecule has 9 nitrogen and oxygen atoms in total. The van der Waals surface area contributed by atoms with Crippen LogP contribution in [0.25, 0.3) is 0 Å². The van der Waals surface area contributed by atoms with Crippen molar-refractivity contribution in [2.75, 3.05) is 18.5 Å². The Bertz CT molecular complexity index is 977. The lowest BCUT2D eigenvalue weighted by molar-refractivity contribution is -0.384. The number of non-ortho nitro benzene ring substituents is 1. The van der Waals surface area contributed by atoms with Gasteiger partial charge in [0.25, 0.3) is 5.69 Å². The molecule has 0 spiro atoms. The normalized spacial score (nSPS) is 14.5. The molecule has 32 heavy (non-hydrogen) atoms. The largest absolute Gasteiger partial charge is 0.463 e. The summed E-state index contributed by atoms with van der Waals surface area (Å²) in [5, 5.41) is 17.9. The minimum absolute atomic E-state index is 0. The zero-order chi connectivity index (χ0) is 21.7. The Balaban J connectivity index is 0.00000256. The minimum atomic E-state index is -0.578. The number of nitrogens with one attached hydrogen (secondary N) is 2. The monoisotopic (exact) mass is 485 g/mol. The van der Waals surface area contributed by atoms with E-state index in [0.29, 0.717) is 29.3 Å². The summed E-state index contributed by atoms with van der Waals surface area (Å²) in [6.45, 7) is 7.33. The summed E-state index contributed by atoms with van der Waals surface area (Å²) >= 11 is 0. The molecule has 0 amide bonds. The molecule has 0 saturated carbocycles. The number of carbonyl (C=O) groups is 1. The summed E-state index contributed by atoms with van der Waals surface area (Å²) in [6, 6.07) is 5.77. The Morgan fingerprint density at radius 3 is 2.75 bits per heavy atom. The fraction of sp³-hybridized carbons (Fsp3) is 0.429. The lowest BCUT2D eigenvalue weighted by Gasteiger charge is -2.31. The number of hydrogen-bond donors (Lipinski definition) is 2. The highest BCUT2D eigenvalue weighted by atomic mass is 35.5. The van der Waals surface area contributed by atoms with Crippen molar-refractivity contribution < 1.29 is 14.5 Å². The van der Waals surface area contributed by atoms with Crippen LogP contribution in [0.5, 0.6) is 0 Å². The van der Waals surface area contributed by atoms with Gasteiger partial charge in [0.1, 0.15) is 0 Å². The first kappa shape index (κ1) is 27.4. The van der Waals surface area contributed by atoms with E-state index >= 15 is 0 Å². The quantitative estimate of drug-likeness (QED) is 0.234. The SMILES string of the molecule is CCCCNCc1cnc2n1C(c1cccc([N+](=O)[O-])c1)C(C(=O)OCC)=C(C)N2.Cl.Cl. The van der Waals surface area contributed by atoms with Crippen LogP contribution in [-0.2, 0) is 16.1 Å². The summed E-state index contributed by atoms with van der Waals surface area (Å²) in [6.07, 6.45) is 3.90. The highest BCUT2D eigenvalue weighted by molar-refractivity contribution is 5.92. The van der Waals surface area contributed by atoms with Gasteiger partial charge in [0.2, 0.25) is 5.95 Å². The van der Waals surface area contributed by atoms with Crippen molar-refractivity contribution in [2.24, 2.45) is 0 Å². The van der Waals surface area contributed by atoms with Crippen molar-refractivity contribution in [1.82, 2.24) is 14.9 Å². The Hall–Kier alpha value is -2.62. The number of fused-ring (bicyclic) bond motifs is 1. The van der Waals surface area contributed by atoms with E-state index in [9.17, 15) is 14.9 Å². The van der Waals surface area contributed by atoms with Crippen LogP contribution < -0.4 is 10.6 Å². The highest BCUT2D eigenvalue weighted by Gasteiger charge is 2.35. The molecule has 1 aromatic carbocycles. The average Bonchev–Trinajstić information content (AvgIpc) is 3.12. The maximum atomic E-state index is 12.8. The number of nitro benzene ring substituents is 1. The van der Waals surface area contributed by atoms with Crippen LogP contribution in [0.1, 0.15) is 50.9 Å². The van der Waals surface area contributed by atoms with Gasteiger partial charge in [-0.3, -0.25) is 10.1 Å². The zero-order valence-electron chi connectivity index (χ0n) is 18.3. The third-order valence-corrected chi connectivity index (χ3v) is 5.01. The van der Waals surface area contributed by atoms with Crippen molar-refractivity contribution in [3.63, 3.8) is 0 Å². The van der Waals surface area contributed by atoms with Crippen LogP contribution in [0.15, 0.2) is 41.7 Å². The number of hydrogen-bond acceptors (Lipinski definition) is 7. The second-order valence-corrected chi connectivity index (χ2v) is 7.11. The molecule has 2 N–H and O–H groups in total. The number of nitro groups is 1. The van der Waals surface area contributed by atoms with Gasteiger partial charge in [-0.1, -0.05) is 25.5 Å². The molecule has 0 aliphatic carbocycles. The van der Waals surface area contributed by atoms with Crippen LogP contribution in [0.2, 0.25) is 0 Å². The number of imidazole rings is 1. The fourth-order valence-electron chi connectivity index (χ4n) is 3.59. The first-order valence-corrected chi connectivity index (χ1v) is 10.1. The van der Waals surface area contributed by atoms with Gasteiger partial charge in [-0.25, -0.2) is 9.78 Å². The van der Waals surface area contributed by atoms with Crippen molar-refractivity contribution in [1.29, 1.82) is 0 Å². The molecule has 0 bridgehead atoms. The first-order valence-electron chi connectivity index (χ1n) is 10.1. The van der Waals surface area contributed by atoms with E-state index in [2.05, 4.69) is 22.5 Å². The van der Waals surface area contributed by atoms with Gasteiger partial charge >= 0.3 is 5.97 Å². The molecule has 1 atom stereocenters. The van der Waals surface area contributed by atoms with Crippen LogP contribution in [-0.4, -0.2) is 33.6 Å². The van der Waals surface area contributed by atoms with E-state index in [1.54, 1.807) is 32.2 Å². The number of ether oxygens (including phenoxy) is 1. The lowest BCUT2D eigenvalue weighted by atomic mass is 9.94. The third-order valence-electron chi connectivity index (χ3n) is 5.01. The summed E-state index contributed by atoms with van der Waals surface area (Å²) in [5.74, 6) is 0.132. The number of nitrogens with zero attached hydrogens (tertiary/aromatic N) is 3. The molecule has 0 saturated heterocycles. The molecule has 3 rings (SSSR count). The maximum Gasteiger partial charge on any atom is 0.338 e. The predicted molar refractivity (Wildman–Crippen MR) is 128 cm³/mol. The number of allylic oxidation sites excluding steroid dienone is 1. The summed E-state index contributed by atoms with van der Waals surface area (Å²) in [7, 11) is 0. The molecular weight excluding hydrogens is 457 g/mol. The smallest absolute Gasteiger partial charge is 0.338 e. The van der Waals surface area contributed by atoms with E-state index in [0.717, 1.165) is 25.1 Å². The number of esters is 1. The Morgan fingerprint density at radius 2 is 2.09 bits per heavy atom. The molecule has 1 aliphatic heterocycles. The molecule has 1 unspecified atom stereocenters. The van der Waals surface area contributed by atoms with E-state index in [1.165, 1.54) is 12.1 Å². The second kappa shape index (κ2) is 12.4. The van der Waals surface area contributed by atoms with Gasteiger partial charge < -0.3 is 19.9 Å². The number of aromatic nitrogens is 2. The van der Waals surface area contributed by atoms with Gasteiger partial charge in [-0.05, 0) is 32.4 Å². The second-order valence-electron chi connectivity index (χ2n) is 7.11. The molecule has 0 radical (unpaired) electrons. The fourth-order valence-corrected chi connectivity index (χ4v) is 3.59. The van der Waals surface area contributed by atoms with Crippen molar-refractivity contribution in [3.8, 4) is 0 Å². The molecule has 1 aliphatic rings. The summed E-state index contributed by atoms with van der Waals surface area (Å²) < 4.78 is 7.22. The van der Waals surface area contributed by atoms with Crippen LogP contribution in [0.4, 0.5) is 11.6 Å². The van der Waals surface area contributed by atoms with Gasteiger partial charge in [-0.2, -0.15) is 0 Å². The summed E-state index contributed by atoms with van der Waals surface area (Å²) in [5.41, 5.74) is 2.50. The van der Waals surface area contributed by atoms with Crippen molar-refractivity contribution in [3.05, 3.63) is 63.1 Å². The van der Waals surface area contributed by atoms with Gasteiger partial charge in [0, 0.05) is 24.4 Å². The summed E-state index contributed by atoms with van der Waals surface area (Å²) in [4.78, 5) is 28.2. The first-order chi connectivity index (χ1) is 14.5. The van der Waals surface area contributed by atoms with Crippen LogP contribution in [0, 0.1) is 10.1 Å². The molecule has 1 aromatic heterocycles. The Morgan fingerprint density at radius 1 is 1.34 bits per heavy atom. The molecule has 0 fully saturated rings. The molecular formula is C21H29Cl2N5O4. The van der Waals surface area contributed by atoms with E-state index in [4.69, 9.17) is 4.74 Å². The van der Waals surface area contributed by atoms with Gasteiger partial charge in [0.15, 0.2) is 0 Å². The topological polar surface area (TPSA) is 111 Å². The Labute approximate surface area is 199 Å². The lowest BCUT2D eigenvalue weighted by Crippen LogP contribution is -2.31. The van der Waals surface area contributed by atoms with Crippen molar-refractivity contribution >= 4 is 42.4 Å². The minimum Gasteiger partial charge on any atom is -0.463 e. The van der Waals surface area contributed by atoms with E-state index in [-0.39, 0.29) is 37.1 Å². The number of benzene rings is 1. The maximum absolute atomic E-state index is 12.8. The Kier molecular flexibility index (Phi) is 10.6.